The number of fused-ring (bicyclic) bond motifs is 1. The van der Waals surface area contributed by atoms with Crippen LogP contribution in [-0.2, 0) is 6.54 Å². The van der Waals surface area contributed by atoms with Crippen LogP contribution in [0.5, 0.6) is 5.75 Å². The standard InChI is InChI=1S/C20H20ClNO3/c1-11-5-15-14(8-20(23)25-18(15)7-12(11)2)10-22-17-6-13(3)16(21)9-19(17)24-4/h5-9,22H,10H2,1-4H3. The maximum atomic E-state index is 11.9. The highest BCUT2D eigenvalue weighted by Crippen LogP contribution is 2.31. The highest BCUT2D eigenvalue weighted by atomic mass is 35.5. The quantitative estimate of drug-likeness (QED) is 0.668. The molecule has 130 valence electrons. The second kappa shape index (κ2) is 6.81. The van der Waals surface area contributed by atoms with E-state index in [0.29, 0.717) is 22.9 Å². The molecule has 0 spiro atoms. The molecule has 0 aliphatic rings. The first-order chi connectivity index (χ1) is 11.9. The molecule has 0 fully saturated rings. The van der Waals surface area contributed by atoms with Crippen molar-refractivity contribution in [1.29, 1.82) is 0 Å². The van der Waals surface area contributed by atoms with Gasteiger partial charge in [0.15, 0.2) is 0 Å². The molecule has 4 nitrogen and oxygen atoms in total. The van der Waals surface area contributed by atoms with Gasteiger partial charge in [-0.05, 0) is 61.2 Å². The zero-order chi connectivity index (χ0) is 18.1. The Morgan fingerprint density at radius 3 is 2.48 bits per heavy atom. The van der Waals surface area contributed by atoms with Crippen molar-refractivity contribution < 1.29 is 9.15 Å². The van der Waals surface area contributed by atoms with Crippen molar-refractivity contribution >= 4 is 28.3 Å². The van der Waals surface area contributed by atoms with Crippen molar-refractivity contribution in [2.75, 3.05) is 12.4 Å². The fourth-order valence-corrected chi connectivity index (χ4v) is 2.94. The van der Waals surface area contributed by atoms with Gasteiger partial charge in [-0.2, -0.15) is 0 Å². The van der Waals surface area contributed by atoms with Gasteiger partial charge in [0, 0.05) is 29.1 Å². The fraction of sp³-hybridized carbons (Fsp3) is 0.250. The Morgan fingerprint density at radius 2 is 1.76 bits per heavy atom. The molecule has 0 bridgehead atoms. The van der Waals surface area contributed by atoms with Gasteiger partial charge < -0.3 is 14.5 Å². The molecule has 25 heavy (non-hydrogen) atoms. The summed E-state index contributed by atoms with van der Waals surface area (Å²) in [4.78, 5) is 11.9. The molecule has 0 unspecified atom stereocenters. The number of benzene rings is 2. The van der Waals surface area contributed by atoms with Gasteiger partial charge in [0.1, 0.15) is 11.3 Å². The van der Waals surface area contributed by atoms with E-state index in [9.17, 15) is 4.79 Å². The largest absolute Gasteiger partial charge is 0.495 e. The number of halogens is 1. The number of ether oxygens (including phenoxy) is 1. The SMILES string of the molecule is COc1cc(Cl)c(C)cc1NCc1cc(=O)oc2cc(C)c(C)cc12. The summed E-state index contributed by atoms with van der Waals surface area (Å²) in [5.41, 5.74) is 5.16. The van der Waals surface area contributed by atoms with Gasteiger partial charge >= 0.3 is 5.63 Å². The summed E-state index contributed by atoms with van der Waals surface area (Å²) in [5, 5.41) is 4.92. The van der Waals surface area contributed by atoms with E-state index in [2.05, 4.69) is 11.4 Å². The lowest BCUT2D eigenvalue weighted by molar-refractivity contribution is 0.416. The first kappa shape index (κ1) is 17.4. The predicted molar refractivity (Wildman–Crippen MR) is 102 cm³/mol. The Kier molecular flexibility index (Phi) is 4.73. The molecule has 0 aliphatic heterocycles. The number of nitrogens with one attached hydrogen (secondary N) is 1. The monoisotopic (exact) mass is 357 g/mol. The Balaban J connectivity index is 2.00. The van der Waals surface area contributed by atoms with Crippen LogP contribution in [0.25, 0.3) is 11.0 Å². The molecule has 1 heterocycles. The third kappa shape index (κ3) is 3.49. The molecule has 0 atom stereocenters. The Labute approximate surface area is 151 Å². The molecule has 1 N–H and O–H groups in total. The van der Waals surface area contributed by atoms with Gasteiger partial charge in [0.05, 0.1) is 12.8 Å². The summed E-state index contributed by atoms with van der Waals surface area (Å²) < 4.78 is 10.7. The summed E-state index contributed by atoms with van der Waals surface area (Å²) in [6, 6.07) is 9.20. The molecule has 0 radical (unpaired) electrons. The summed E-state index contributed by atoms with van der Waals surface area (Å²) in [5.74, 6) is 0.662. The molecule has 0 aliphatic carbocycles. The number of hydrogen-bond donors (Lipinski definition) is 1. The summed E-state index contributed by atoms with van der Waals surface area (Å²) in [6.07, 6.45) is 0. The normalized spacial score (nSPS) is 10.9. The van der Waals surface area contributed by atoms with E-state index in [-0.39, 0.29) is 5.63 Å². The van der Waals surface area contributed by atoms with Crippen LogP contribution in [0.15, 0.2) is 39.5 Å². The molecular weight excluding hydrogens is 338 g/mol. The zero-order valence-corrected chi connectivity index (χ0v) is 15.5. The average Bonchev–Trinajstić information content (AvgIpc) is 2.56. The lowest BCUT2D eigenvalue weighted by Gasteiger charge is -2.14. The number of anilines is 1. The molecule has 3 rings (SSSR count). The van der Waals surface area contributed by atoms with Gasteiger partial charge in [-0.3, -0.25) is 0 Å². The highest BCUT2D eigenvalue weighted by molar-refractivity contribution is 6.31. The van der Waals surface area contributed by atoms with Gasteiger partial charge in [0.2, 0.25) is 0 Å². The topological polar surface area (TPSA) is 51.5 Å². The fourth-order valence-electron chi connectivity index (χ4n) is 2.79. The van der Waals surface area contributed by atoms with E-state index in [0.717, 1.165) is 33.3 Å². The predicted octanol–water partition coefficient (Wildman–Crippen LogP) is 4.99. The molecule has 2 aromatic carbocycles. The minimum absolute atomic E-state index is 0.355. The number of methoxy groups -OCH3 is 1. The van der Waals surface area contributed by atoms with Crippen LogP contribution < -0.4 is 15.7 Å². The van der Waals surface area contributed by atoms with Gasteiger partial charge in [-0.15, -0.1) is 0 Å². The molecular formula is C20H20ClNO3. The number of rotatable bonds is 4. The molecule has 3 aromatic rings. The minimum Gasteiger partial charge on any atom is -0.495 e. The maximum Gasteiger partial charge on any atom is 0.336 e. The lowest BCUT2D eigenvalue weighted by atomic mass is 10.0. The molecule has 0 amide bonds. The second-order valence-corrected chi connectivity index (χ2v) is 6.59. The van der Waals surface area contributed by atoms with Gasteiger partial charge in [0.25, 0.3) is 0 Å². The van der Waals surface area contributed by atoms with E-state index in [1.54, 1.807) is 13.2 Å². The van der Waals surface area contributed by atoms with Crippen LogP contribution in [0.1, 0.15) is 22.3 Å². The van der Waals surface area contributed by atoms with Gasteiger partial charge in [-0.1, -0.05) is 11.6 Å². The maximum absolute atomic E-state index is 11.9. The average molecular weight is 358 g/mol. The van der Waals surface area contributed by atoms with Crippen molar-refractivity contribution in [3.63, 3.8) is 0 Å². The Morgan fingerprint density at radius 1 is 1.04 bits per heavy atom. The third-order valence-electron chi connectivity index (χ3n) is 4.39. The van der Waals surface area contributed by atoms with E-state index < -0.39 is 0 Å². The van der Waals surface area contributed by atoms with Crippen molar-refractivity contribution in [3.05, 3.63) is 68.0 Å². The molecule has 0 saturated carbocycles. The van der Waals surface area contributed by atoms with E-state index in [1.165, 1.54) is 6.07 Å². The van der Waals surface area contributed by atoms with Crippen molar-refractivity contribution in [1.82, 2.24) is 0 Å². The van der Waals surface area contributed by atoms with Crippen molar-refractivity contribution in [2.24, 2.45) is 0 Å². The van der Waals surface area contributed by atoms with Crippen LogP contribution in [-0.4, -0.2) is 7.11 Å². The minimum atomic E-state index is -0.355. The van der Waals surface area contributed by atoms with Gasteiger partial charge in [-0.25, -0.2) is 4.79 Å². The highest BCUT2D eigenvalue weighted by Gasteiger charge is 2.10. The van der Waals surface area contributed by atoms with E-state index in [1.807, 2.05) is 32.9 Å². The van der Waals surface area contributed by atoms with Crippen molar-refractivity contribution in [2.45, 2.75) is 27.3 Å². The van der Waals surface area contributed by atoms with Crippen LogP contribution in [0.4, 0.5) is 5.69 Å². The third-order valence-corrected chi connectivity index (χ3v) is 4.80. The van der Waals surface area contributed by atoms with Crippen LogP contribution in [0.3, 0.4) is 0 Å². The number of aryl methyl sites for hydroxylation is 3. The zero-order valence-electron chi connectivity index (χ0n) is 14.7. The Hall–Kier alpha value is -2.46. The summed E-state index contributed by atoms with van der Waals surface area (Å²) >= 11 is 6.15. The summed E-state index contributed by atoms with van der Waals surface area (Å²) in [7, 11) is 1.60. The number of hydrogen-bond acceptors (Lipinski definition) is 4. The smallest absolute Gasteiger partial charge is 0.336 e. The van der Waals surface area contributed by atoms with E-state index >= 15 is 0 Å². The Bertz CT molecular complexity index is 1010. The lowest BCUT2D eigenvalue weighted by Crippen LogP contribution is -2.07. The first-order valence-corrected chi connectivity index (χ1v) is 8.39. The second-order valence-electron chi connectivity index (χ2n) is 6.18. The first-order valence-electron chi connectivity index (χ1n) is 8.01. The molecule has 1 aromatic heterocycles. The molecule has 5 heteroatoms. The van der Waals surface area contributed by atoms with Crippen molar-refractivity contribution in [3.8, 4) is 5.75 Å². The summed E-state index contributed by atoms with van der Waals surface area (Å²) in [6.45, 7) is 6.46. The van der Waals surface area contributed by atoms with E-state index in [4.69, 9.17) is 20.8 Å². The molecule has 0 saturated heterocycles. The van der Waals surface area contributed by atoms with Crippen LogP contribution in [0, 0.1) is 20.8 Å². The van der Waals surface area contributed by atoms with Crippen LogP contribution in [0.2, 0.25) is 5.02 Å². The van der Waals surface area contributed by atoms with Crippen LogP contribution >= 0.6 is 11.6 Å².